The largest absolute Gasteiger partial charge is 0.394 e. The number of hydrogen-bond acceptors (Lipinski definition) is 7. The molecule has 0 saturated carbocycles. The molecule has 0 aliphatic carbocycles. The second kappa shape index (κ2) is 7.34. The lowest BCUT2D eigenvalue weighted by Gasteiger charge is -2.19. The van der Waals surface area contributed by atoms with Crippen molar-refractivity contribution in [3.05, 3.63) is 54.4 Å². The molecular formula is C18H19N3O4S. The number of thioether (sulfide) groups is 1. The van der Waals surface area contributed by atoms with Crippen LogP contribution in [0.3, 0.4) is 0 Å². The van der Waals surface area contributed by atoms with Crippen LogP contribution in [0.25, 0.3) is 11.0 Å². The molecule has 2 aromatic heterocycles. The Morgan fingerprint density at radius 3 is 2.62 bits per heavy atom. The third-order valence-electron chi connectivity index (χ3n) is 4.41. The molecule has 136 valence electrons. The summed E-state index contributed by atoms with van der Waals surface area (Å²) in [6, 6.07) is 13.3. The minimum absolute atomic E-state index is 0.363. The van der Waals surface area contributed by atoms with Crippen molar-refractivity contribution in [1.82, 2.24) is 14.5 Å². The van der Waals surface area contributed by atoms with Crippen molar-refractivity contribution in [3.63, 3.8) is 0 Å². The van der Waals surface area contributed by atoms with Crippen LogP contribution in [0, 0.1) is 0 Å². The van der Waals surface area contributed by atoms with Crippen molar-refractivity contribution in [2.45, 2.75) is 35.4 Å². The highest BCUT2D eigenvalue weighted by molar-refractivity contribution is 7.98. The van der Waals surface area contributed by atoms with Crippen molar-refractivity contribution in [2.24, 2.45) is 0 Å². The fraction of sp³-hybridized carbons (Fsp3) is 0.333. The van der Waals surface area contributed by atoms with Crippen LogP contribution in [0.4, 0.5) is 0 Å². The van der Waals surface area contributed by atoms with E-state index in [0.29, 0.717) is 10.9 Å². The summed E-state index contributed by atoms with van der Waals surface area (Å²) >= 11 is 1.48. The molecule has 8 heteroatoms. The Kier molecular flexibility index (Phi) is 4.92. The Morgan fingerprint density at radius 2 is 1.88 bits per heavy atom. The monoisotopic (exact) mass is 373 g/mol. The predicted octanol–water partition coefficient (Wildman–Crippen LogP) is 1.34. The molecule has 1 aromatic carbocycles. The number of ether oxygens (including phenoxy) is 1. The van der Waals surface area contributed by atoms with Crippen molar-refractivity contribution in [3.8, 4) is 0 Å². The van der Waals surface area contributed by atoms with Crippen LogP contribution in [-0.2, 0) is 10.5 Å². The summed E-state index contributed by atoms with van der Waals surface area (Å²) in [4.78, 5) is 8.96. The van der Waals surface area contributed by atoms with Crippen LogP contribution < -0.4 is 0 Å². The van der Waals surface area contributed by atoms with E-state index in [9.17, 15) is 15.3 Å². The van der Waals surface area contributed by atoms with Gasteiger partial charge in [0.05, 0.1) is 23.3 Å². The number of rotatable bonds is 5. The van der Waals surface area contributed by atoms with Crippen LogP contribution in [0.15, 0.2) is 53.8 Å². The van der Waals surface area contributed by atoms with E-state index in [1.807, 2.05) is 42.5 Å². The molecule has 26 heavy (non-hydrogen) atoms. The highest BCUT2D eigenvalue weighted by Gasteiger charge is 2.44. The van der Waals surface area contributed by atoms with Crippen molar-refractivity contribution in [2.75, 3.05) is 6.61 Å². The molecule has 1 fully saturated rings. The summed E-state index contributed by atoms with van der Waals surface area (Å²) in [5.41, 5.74) is 2.48. The quantitative estimate of drug-likeness (QED) is 0.580. The van der Waals surface area contributed by atoms with Crippen LogP contribution in [0.2, 0.25) is 0 Å². The van der Waals surface area contributed by atoms with Gasteiger partial charge < -0.3 is 20.1 Å². The maximum absolute atomic E-state index is 10.4. The zero-order valence-corrected chi connectivity index (χ0v) is 14.7. The summed E-state index contributed by atoms with van der Waals surface area (Å²) in [6.45, 7) is -0.363. The Bertz CT molecular complexity index is 889. The van der Waals surface area contributed by atoms with Gasteiger partial charge in [0.25, 0.3) is 0 Å². The lowest BCUT2D eigenvalue weighted by Crippen LogP contribution is -2.33. The van der Waals surface area contributed by atoms with E-state index in [0.717, 1.165) is 16.7 Å². The summed E-state index contributed by atoms with van der Waals surface area (Å²) < 4.78 is 7.51. The molecule has 3 heterocycles. The second-order valence-corrected chi connectivity index (χ2v) is 7.03. The molecule has 0 radical (unpaired) electrons. The Morgan fingerprint density at radius 1 is 1.08 bits per heavy atom. The van der Waals surface area contributed by atoms with Gasteiger partial charge in [-0.1, -0.05) is 30.0 Å². The number of aliphatic hydroxyl groups excluding tert-OH is 3. The smallest absolute Gasteiger partial charge is 0.171 e. The van der Waals surface area contributed by atoms with Crippen LogP contribution in [0.5, 0.6) is 0 Å². The first-order valence-corrected chi connectivity index (χ1v) is 9.29. The molecular weight excluding hydrogens is 354 g/mol. The molecule has 3 N–H and O–H groups in total. The van der Waals surface area contributed by atoms with Crippen molar-refractivity contribution in [1.29, 1.82) is 0 Å². The topological polar surface area (TPSA) is 101 Å². The van der Waals surface area contributed by atoms with Gasteiger partial charge in [0.2, 0.25) is 0 Å². The number of hydrogen-bond donors (Lipinski definition) is 3. The van der Waals surface area contributed by atoms with Gasteiger partial charge in [0, 0.05) is 11.9 Å². The molecule has 4 rings (SSSR count). The van der Waals surface area contributed by atoms with Gasteiger partial charge in [-0.15, -0.1) is 0 Å². The molecule has 1 saturated heterocycles. The number of fused-ring (bicyclic) bond motifs is 1. The second-order valence-electron chi connectivity index (χ2n) is 6.09. The average molecular weight is 373 g/mol. The maximum atomic E-state index is 10.4. The number of pyridine rings is 1. The highest BCUT2D eigenvalue weighted by Crippen LogP contribution is 2.36. The zero-order chi connectivity index (χ0) is 18.1. The molecule has 0 bridgehead atoms. The Labute approximate surface area is 154 Å². The van der Waals surface area contributed by atoms with Crippen LogP contribution in [-0.4, -0.2) is 54.8 Å². The average Bonchev–Trinajstić information content (AvgIpc) is 3.18. The van der Waals surface area contributed by atoms with E-state index in [4.69, 9.17) is 4.74 Å². The number of benzene rings is 1. The number of nitrogens with zero attached hydrogens (tertiary/aromatic N) is 3. The van der Waals surface area contributed by atoms with Gasteiger partial charge in [0.1, 0.15) is 18.3 Å². The third kappa shape index (κ3) is 3.10. The van der Waals surface area contributed by atoms with Gasteiger partial charge in [-0.3, -0.25) is 9.55 Å². The summed E-state index contributed by atoms with van der Waals surface area (Å²) in [6.07, 6.45) is -2.21. The maximum Gasteiger partial charge on any atom is 0.171 e. The first-order valence-electron chi connectivity index (χ1n) is 8.31. The summed E-state index contributed by atoms with van der Waals surface area (Å²) in [5.74, 6) is 0.610. The first-order chi connectivity index (χ1) is 12.7. The van der Waals surface area contributed by atoms with E-state index in [-0.39, 0.29) is 6.61 Å². The van der Waals surface area contributed by atoms with Gasteiger partial charge in [-0.2, -0.15) is 0 Å². The standard InChI is InChI=1S/C18H19N3O4S/c22-9-14-15(23)16(24)17(25-14)21-13-7-2-1-6-12(13)20-18(21)26-10-11-5-3-4-8-19-11/h1-8,14-17,22-24H,9-10H2/t14-,15-,16-,17-/m1/s1. The third-order valence-corrected chi connectivity index (χ3v) is 5.40. The fourth-order valence-electron chi connectivity index (χ4n) is 3.09. The lowest BCUT2D eigenvalue weighted by atomic mass is 10.1. The SMILES string of the molecule is OC[C@H]1O[C@@H](n2c(SCc3ccccn3)nc3ccccc32)[C@H](O)[C@@H]1O. The molecule has 0 unspecified atom stereocenters. The van der Waals surface area contributed by atoms with Gasteiger partial charge in [0.15, 0.2) is 11.4 Å². The Hall–Kier alpha value is -1.97. The van der Waals surface area contributed by atoms with Crippen LogP contribution >= 0.6 is 11.8 Å². The summed E-state index contributed by atoms with van der Waals surface area (Å²) in [7, 11) is 0. The number of para-hydroxylation sites is 2. The zero-order valence-electron chi connectivity index (χ0n) is 13.8. The number of imidazole rings is 1. The van der Waals surface area contributed by atoms with E-state index in [2.05, 4.69) is 9.97 Å². The van der Waals surface area contributed by atoms with E-state index < -0.39 is 24.5 Å². The molecule has 4 atom stereocenters. The molecule has 1 aliphatic rings. The van der Waals surface area contributed by atoms with Gasteiger partial charge in [-0.05, 0) is 24.3 Å². The fourth-order valence-corrected chi connectivity index (χ4v) is 4.04. The van der Waals surface area contributed by atoms with Gasteiger partial charge >= 0.3 is 0 Å². The number of aliphatic hydroxyl groups is 3. The van der Waals surface area contributed by atoms with E-state index >= 15 is 0 Å². The molecule has 7 nitrogen and oxygen atoms in total. The van der Waals surface area contributed by atoms with E-state index in [1.54, 1.807) is 10.8 Å². The highest BCUT2D eigenvalue weighted by atomic mass is 32.2. The van der Waals surface area contributed by atoms with Gasteiger partial charge in [-0.25, -0.2) is 4.98 Å². The number of aromatic nitrogens is 3. The summed E-state index contributed by atoms with van der Waals surface area (Å²) in [5, 5.41) is 30.6. The molecule has 0 spiro atoms. The molecule has 1 aliphatic heterocycles. The van der Waals surface area contributed by atoms with Crippen molar-refractivity contribution < 1.29 is 20.1 Å². The normalized spacial score (nSPS) is 25.8. The molecule has 0 amide bonds. The van der Waals surface area contributed by atoms with E-state index in [1.165, 1.54) is 11.8 Å². The Balaban J connectivity index is 1.70. The predicted molar refractivity (Wildman–Crippen MR) is 96.5 cm³/mol. The minimum atomic E-state index is -1.15. The van der Waals surface area contributed by atoms with Crippen molar-refractivity contribution >= 4 is 22.8 Å². The first kappa shape index (κ1) is 17.4. The van der Waals surface area contributed by atoms with Crippen LogP contribution in [0.1, 0.15) is 11.9 Å². The minimum Gasteiger partial charge on any atom is -0.394 e. The molecule has 3 aromatic rings. The lowest BCUT2D eigenvalue weighted by molar-refractivity contribution is -0.0546.